The average molecular weight is 418 g/mol. The monoisotopic (exact) mass is 417 g/mol. The maximum absolute atomic E-state index is 8.49. The molecule has 0 saturated heterocycles. The van der Waals surface area contributed by atoms with Gasteiger partial charge >= 0.3 is 0 Å². The van der Waals surface area contributed by atoms with E-state index in [1.54, 1.807) is 11.6 Å². The molecule has 0 aliphatic heterocycles. The summed E-state index contributed by atoms with van der Waals surface area (Å²) in [5, 5.41) is 8.49. The van der Waals surface area contributed by atoms with Crippen LogP contribution in [0.5, 0.6) is 0 Å². The molecule has 0 heterocycles. The van der Waals surface area contributed by atoms with Gasteiger partial charge in [0.05, 0.1) is 6.07 Å². The zero-order valence-corrected chi connectivity index (χ0v) is 19.8. The van der Waals surface area contributed by atoms with E-state index in [1.807, 2.05) is 18.2 Å². The number of allylic oxidation sites excluding steroid dienone is 4. The van der Waals surface area contributed by atoms with Crippen molar-refractivity contribution in [2.24, 2.45) is 17.8 Å². The number of aryl methyl sites for hydroxylation is 1. The Kier molecular flexibility index (Phi) is 10.4. The van der Waals surface area contributed by atoms with Crippen LogP contribution < -0.4 is 0 Å². The quantitative estimate of drug-likeness (QED) is 0.275. The molecule has 1 nitrogen and oxygen atoms in total. The number of rotatable bonds is 10. The van der Waals surface area contributed by atoms with Crippen LogP contribution in [-0.2, 0) is 6.42 Å². The lowest BCUT2D eigenvalue weighted by Crippen LogP contribution is -2.17. The van der Waals surface area contributed by atoms with Gasteiger partial charge in [-0.05, 0) is 79.7 Å². The first kappa shape index (κ1) is 23.8. The molecule has 0 spiro atoms. The van der Waals surface area contributed by atoms with Crippen LogP contribution in [0.2, 0.25) is 0 Å². The zero-order chi connectivity index (χ0) is 21.7. The van der Waals surface area contributed by atoms with Gasteiger partial charge in [0.2, 0.25) is 0 Å². The molecule has 0 unspecified atom stereocenters. The highest BCUT2D eigenvalue weighted by molar-refractivity contribution is 5.25. The average Bonchev–Trinajstić information content (AvgIpc) is 2.82. The summed E-state index contributed by atoms with van der Waals surface area (Å²) in [5.74, 6) is 3.72. The highest BCUT2D eigenvalue weighted by Crippen LogP contribution is 2.40. The molecule has 1 aromatic rings. The van der Waals surface area contributed by atoms with Crippen LogP contribution in [0, 0.1) is 29.1 Å². The van der Waals surface area contributed by atoms with Crippen molar-refractivity contribution in [2.75, 3.05) is 0 Å². The van der Waals surface area contributed by atoms with Crippen LogP contribution in [0.15, 0.2) is 48.6 Å². The summed E-state index contributed by atoms with van der Waals surface area (Å²) in [6, 6.07) is 11.6. The van der Waals surface area contributed by atoms with E-state index in [1.165, 1.54) is 89.0 Å². The highest BCUT2D eigenvalue weighted by Gasteiger charge is 2.25. The summed E-state index contributed by atoms with van der Waals surface area (Å²) in [4.78, 5) is 0. The Labute approximate surface area is 191 Å². The fraction of sp³-hybridized carbons (Fsp3) is 0.633. The molecule has 0 atom stereocenters. The highest BCUT2D eigenvalue weighted by atomic mass is 14.3. The van der Waals surface area contributed by atoms with Gasteiger partial charge in [-0.15, -0.1) is 0 Å². The maximum Gasteiger partial charge on any atom is 0.0912 e. The van der Waals surface area contributed by atoms with Crippen LogP contribution in [-0.4, -0.2) is 0 Å². The van der Waals surface area contributed by atoms with Crippen LogP contribution >= 0.6 is 0 Å². The minimum Gasteiger partial charge on any atom is -0.193 e. The summed E-state index contributed by atoms with van der Waals surface area (Å²) in [5.41, 5.74) is 3.09. The summed E-state index contributed by atoms with van der Waals surface area (Å²) < 4.78 is 0. The lowest BCUT2D eigenvalue weighted by atomic mass is 9.74. The van der Waals surface area contributed by atoms with Crippen LogP contribution in [0.25, 0.3) is 0 Å². The number of nitriles is 1. The molecule has 0 bridgehead atoms. The Morgan fingerprint density at radius 3 is 1.97 bits per heavy atom. The van der Waals surface area contributed by atoms with E-state index in [2.05, 4.69) is 37.3 Å². The summed E-state index contributed by atoms with van der Waals surface area (Å²) in [6.07, 6.45) is 27.0. The minimum absolute atomic E-state index is 0.812. The summed E-state index contributed by atoms with van der Waals surface area (Å²) >= 11 is 0. The van der Waals surface area contributed by atoms with Crippen LogP contribution in [0.1, 0.15) is 107 Å². The third-order valence-corrected chi connectivity index (χ3v) is 7.95. The predicted molar refractivity (Wildman–Crippen MR) is 133 cm³/mol. The van der Waals surface area contributed by atoms with Crippen molar-refractivity contribution in [3.05, 3.63) is 59.7 Å². The molecule has 2 aliphatic rings. The molecule has 3 rings (SSSR count). The van der Waals surface area contributed by atoms with E-state index >= 15 is 0 Å². The van der Waals surface area contributed by atoms with Gasteiger partial charge in [-0.1, -0.05) is 94.4 Å². The Morgan fingerprint density at radius 2 is 1.39 bits per heavy atom. The second kappa shape index (κ2) is 13.6. The molecule has 0 radical (unpaired) electrons. The fourth-order valence-electron chi connectivity index (χ4n) is 5.92. The van der Waals surface area contributed by atoms with Gasteiger partial charge in [0.25, 0.3) is 0 Å². The van der Waals surface area contributed by atoms with Crippen molar-refractivity contribution < 1.29 is 0 Å². The van der Waals surface area contributed by atoms with E-state index in [-0.39, 0.29) is 0 Å². The van der Waals surface area contributed by atoms with Gasteiger partial charge in [0.1, 0.15) is 0 Å². The van der Waals surface area contributed by atoms with Gasteiger partial charge in [0.15, 0.2) is 0 Å². The predicted octanol–water partition coefficient (Wildman–Crippen LogP) is 8.92. The number of hydrogen-bond donors (Lipinski definition) is 0. The Morgan fingerprint density at radius 1 is 0.806 bits per heavy atom. The van der Waals surface area contributed by atoms with Crippen LogP contribution in [0.3, 0.4) is 0 Å². The van der Waals surface area contributed by atoms with Crippen LogP contribution in [0.4, 0.5) is 0 Å². The summed E-state index contributed by atoms with van der Waals surface area (Å²) in [7, 11) is 0. The third kappa shape index (κ3) is 8.33. The standard InChI is InChI=1S/C30H43N/c1-2-8-25-16-20-29(21-17-25)30-22-18-28(19-23-30)15-14-27-12-10-26(11-13-27)9-6-4-3-5-7-24-31/h3-5,7,16-17,20-21,26-28,30H,2,6,8-15,18-19,22-23H2,1H3/t26-,27-,28-,30-. The first-order valence-electron chi connectivity index (χ1n) is 13.1. The number of nitrogens with zero attached hydrogens (tertiary/aromatic N) is 1. The largest absolute Gasteiger partial charge is 0.193 e. The number of benzene rings is 1. The van der Waals surface area contributed by atoms with Crippen molar-refractivity contribution >= 4 is 0 Å². The lowest BCUT2D eigenvalue weighted by Gasteiger charge is -2.32. The Balaban J connectivity index is 1.28. The maximum atomic E-state index is 8.49. The van der Waals surface area contributed by atoms with Gasteiger partial charge in [-0.25, -0.2) is 0 Å². The minimum atomic E-state index is 0.812. The molecule has 0 aromatic heterocycles. The normalized spacial score (nSPS) is 27.0. The smallest absolute Gasteiger partial charge is 0.0912 e. The molecule has 2 fully saturated rings. The summed E-state index contributed by atoms with van der Waals surface area (Å²) in [6.45, 7) is 2.26. The number of hydrogen-bond acceptors (Lipinski definition) is 1. The molecule has 0 amide bonds. The van der Waals surface area contributed by atoms with Crippen molar-refractivity contribution in [1.82, 2.24) is 0 Å². The van der Waals surface area contributed by atoms with Gasteiger partial charge in [-0.3, -0.25) is 0 Å². The third-order valence-electron chi connectivity index (χ3n) is 7.95. The van der Waals surface area contributed by atoms with Crippen molar-refractivity contribution in [3.8, 4) is 6.07 Å². The SMILES string of the molecule is CCCc1ccc([C@H]2CC[C@H](CC[C@H]3CC[C@H](CCC=CC=CC#N)CC3)CC2)cc1. The Hall–Kier alpha value is -1.81. The second-order valence-electron chi connectivity index (χ2n) is 10.2. The van der Waals surface area contributed by atoms with Crippen molar-refractivity contribution in [1.29, 1.82) is 5.26 Å². The first-order valence-corrected chi connectivity index (χ1v) is 13.1. The molecule has 0 N–H and O–H groups in total. The fourth-order valence-corrected chi connectivity index (χ4v) is 5.92. The van der Waals surface area contributed by atoms with Gasteiger partial charge in [-0.2, -0.15) is 5.26 Å². The molecule has 2 saturated carbocycles. The molecule has 168 valence electrons. The molecular weight excluding hydrogens is 374 g/mol. The first-order chi connectivity index (χ1) is 15.3. The Bertz CT molecular complexity index is 704. The van der Waals surface area contributed by atoms with E-state index < -0.39 is 0 Å². The molecule has 1 aromatic carbocycles. The van der Waals surface area contributed by atoms with Crippen molar-refractivity contribution in [2.45, 2.75) is 103 Å². The molecule has 1 heteroatoms. The topological polar surface area (TPSA) is 23.8 Å². The second-order valence-corrected chi connectivity index (χ2v) is 10.2. The van der Waals surface area contributed by atoms with E-state index in [0.717, 1.165) is 30.1 Å². The van der Waals surface area contributed by atoms with Crippen molar-refractivity contribution in [3.63, 3.8) is 0 Å². The molecule has 2 aliphatic carbocycles. The van der Waals surface area contributed by atoms with E-state index in [0.29, 0.717) is 0 Å². The van der Waals surface area contributed by atoms with Gasteiger partial charge < -0.3 is 0 Å². The van der Waals surface area contributed by atoms with E-state index in [9.17, 15) is 0 Å². The lowest BCUT2D eigenvalue weighted by molar-refractivity contribution is 0.225. The molecule has 31 heavy (non-hydrogen) atoms. The molecular formula is C30H43N. The van der Waals surface area contributed by atoms with E-state index in [4.69, 9.17) is 5.26 Å². The zero-order valence-electron chi connectivity index (χ0n) is 19.8. The van der Waals surface area contributed by atoms with Gasteiger partial charge in [0, 0.05) is 6.08 Å².